The van der Waals surface area contributed by atoms with Gasteiger partial charge in [-0.2, -0.15) is 0 Å². The van der Waals surface area contributed by atoms with Crippen molar-refractivity contribution in [2.75, 3.05) is 11.9 Å². The second-order valence-electron chi connectivity index (χ2n) is 1.83. The van der Waals surface area contributed by atoms with Crippen LogP contribution in [0.5, 0.6) is 0 Å². The Kier molecular flexibility index (Phi) is 1.97. The predicted octanol–water partition coefficient (Wildman–Crippen LogP) is 0.225. The van der Waals surface area contributed by atoms with E-state index in [1.807, 2.05) is 0 Å². The van der Waals surface area contributed by atoms with Gasteiger partial charge in [-0.25, -0.2) is 0 Å². The first-order chi connectivity index (χ1) is 4.33. The summed E-state index contributed by atoms with van der Waals surface area (Å²) < 4.78 is 0. The third-order valence-corrected chi connectivity index (χ3v) is 2.06. The van der Waals surface area contributed by atoms with E-state index in [1.165, 1.54) is 0 Å². The van der Waals surface area contributed by atoms with Gasteiger partial charge in [-0.15, -0.1) is 0 Å². The lowest BCUT2D eigenvalue weighted by molar-refractivity contribution is 0.223. The zero-order valence-corrected chi connectivity index (χ0v) is 6.37. The van der Waals surface area contributed by atoms with Crippen molar-refractivity contribution >= 4 is 28.4 Å². The summed E-state index contributed by atoms with van der Waals surface area (Å²) in [4.78, 5) is 7.92. The second kappa shape index (κ2) is 2.58. The standard InChI is InChI=1S/C5H7BrN2O/c6-3-5(4-9)7-1-2-8-5/h1-2,9H,3-4H2. The molecule has 0 amide bonds. The number of rotatable bonds is 2. The first-order valence-corrected chi connectivity index (χ1v) is 3.71. The minimum Gasteiger partial charge on any atom is -0.392 e. The van der Waals surface area contributed by atoms with Crippen molar-refractivity contribution in [2.45, 2.75) is 5.66 Å². The molecule has 0 atom stereocenters. The van der Waals surface area contributed by atoms with Crippen LogP contribution in [0.25, 0.3) is 0 Å². The Balaban J connectivity index is 2.69. The van der Waals surface area contributed by atoms with Gasteiger partial charge in [0, 0.05) is 12.4 Å². The normalized spacial score (nSPS) is 21.1. The van der Waals surface area contributed by atoms with Crippen LogP contribution >= 0.6 is 15.9 Å². The first kappa shape index (κ1) is 6.89. The predicted molar refractivity (Wildman–Crippen MR) is 40.6 cm³/mol. The monoisotopic (exact) mass is 190 g/mol. The van der Waals surface area contributed by atoms with Crippen LogP contribution in [0.1, 0.15) is 0 Å². The van der Waals surface area contributed by atoms with Gasteiger partial charge in [0.25, 0.3) is 0 Å². The summed E-state index contributed by atoms with van der Waals surface area (Å²) in [7, 11) is 0. The largest absolute Gasteiger partial charge is 0.392 e. The van der Waals surface area contributed by atoms with Crippen molar-refractivity contribution in [3.8, 4) is 0 Å². The number of aliphatic hydroxyl groups excluding tert-OH is 1. The number of halogens is 1. The molecular weight excluding hydrogens is 184 g/mol. The van der Waals surface area contributed by atoms with Gasteiger partial charge < -0.3 is 5.11 Å². The van der Waals surface area contributed by atoms with Crippen LogP contribution in [0, 0.1) is 0 Å². The highest BCUT2D eigenvalue weighted by atomic mass is 79.9. The third kappa shape index (κ3) is 1.19. The second-order valence-corrected chi connectivity index (χ2v) is 2.39. The van der Waals surface area contributed by atoms with E-state index in [1.54, 1.807) is 12.4 Å². The lowest BCUT2D eigenvalue weighted by Gasteiger charge is -2.15. The van der Waals surface area contributed by atoms with Crippen molar-refractivity contribution in [3.05, 3.63) is 0 Å². The van der Waals surface area contributed by atoms with Gasteiger partial charge in [0.2, 0.25) is 0 Å². The van der Waals surface area contributed by atoms with Gasteiger partial charge in [-0.1, -0.05) is 15.9 Å². The Morgan fingerprint density at radius 3 is 2.22 bits per heavy atom. The highest BCUT2D eigenvalue weighted by Crippen LogP contribution is 2.16. The molecule has 4 heteroatoms. The average molecular weight is 191 g/mol. The molecular formula is C5H7BrN2O. The first-order valence-electron chi connectivity index (χ1n) is 2.59. The van der Waals surface area contributed by atoms with E-state index < -0.39 is 5.66 Å². The maximum Gasteiger partial charge on any atom is 0.182 e. The van der Waals surface area contributed by atoms with Gasteiger partial charge in [0.05, 0.1) is 11.9 Å². The molecule has 0 saturated carbocycles. The molecule has 0 aliphatic carbocycles. The number of alkyl halides is 1. The van der Waals surface area contributed by atoms with E-state index in [0.29, 0.717) is 5.33 Å². The number of nitrogens with zero attached hydrogens (tertiary/aromatic N) is 2. The Hall–Kier alpha value is -0.220. The zero-order chi connectivity index (χ0) is 6.74. The summed E-state index contributed by atoms with van der Waals surface area (Å²) in [6, 6.07) is 0. The van der Waals surface area contributed by atoms with E-state index in [-0.39, 0.29) is 6.61 Å². The summed E-state index contributed by atoms with van der Waals surface area (Å²) in [5, 5.41) is 9.33. The van der Waals surface area contributed by atoms with E-state index in [2.05, 4.69) is 25.9 Å². The molecule has 3 nitrogen and oxygen atoms in total. The molecule has 9 heavy (non-hydrogen) atoms. The number of aliphatic hydroxyl groups is 1. The summed E-state index contributed by atoms with van der Waals surface area (Å²) in [5.74, 6) is 0. The lowest BCUT2D eigenvalue weighted by Crippen LogP contribution is -2.28. The maximum absolute atomic E-state index is 8.76. The highest BCUT2D eigenvalue weighted by Gasteiger charge is 2.26. The topological polar surface area (TPSA) is 45.0 Å². The molecule has 0 saturated heterocycles. The van der Waals surface area contributed by atoms with Crippen LogP contribution < -0.4 is 0 Å². The fraction of sp³-hybridized carbons (Fsp3) is 0.600. The number of hydrogen-bond donors (Lipinski definition) is 1. The van der Waals surface area contributed by atoms with Crippen LogP contribution in [0.4, 0.5) is 0 Å². The van der Waals surface area contributed by atoms with Crippen LogP contribution in [0.2, 0.25) is 0 Å². The van der Waals surface area contributed by atoms with Crippen LogP contribution in [0.3, 0.4) is 0 Å². The molecule has 1 N–H and O–H groups in total. The third-order valence-electron chi connectivity index (χ3n) is 1.16. The molecule has 50 valence electrons. The molecule has 1 rings (SSSR count). The molecule has 1 heterocycles. The van der Waals surface area contributed by atoms with Crippen LogP contribution in [-0.2, 0) is 0 Å². The number of hydrogen-bond acceptors (Lipinski definition) is 3. The van der Waals surface area contributed by atoms with Gasteiger partial charge in [0.1, 0.15) is 0 Å². The highest BCUT2D eigenvalue weighted by molar-refractivity contribution is 9.09. The average Bonchev–Trinajstić information content (AvgIpc) is 2.36. The van der Waals surface area contributed by atoms with E-state index in [0.717, 1.165) is 0 Å². The fourth-order valence-corrected chi connectivity index (χ4v) is 1.04. The molecule has 0 aromatic carbocycles. The SMILES string of the molecule is OCC1(CBr)N=CC=N1. The summed E-state index contributed by atoms with van der Waals surface area (Å²) in [6.07, 6.45) is 3.19. The minimum absolute atomic E-state index is 0.0365. The summed E-state index contributed by atoms with van der Waals surface area (Å²) in [6.45, 7) is -0.0365. The quantitative estimate of drug-likeness (QED) is 0.623. The fourth-order valence-electron chi connectivity index (χ4n) is 0.570. The van der Waals surface area contributed by atoms with Gasteiger partial charge >= 0.3 is 0 Å². The van der Waals surface area contributed by atoms with Gasteiger partial charge in [-0.3, -0.25) is 9.98 Å². The van der Waals surface area contributed by atoms with E-state index in [9.17, 15) is 0 Å². The van der Waals surface area contributed by atoms with Crippen LogP contribution in [0.15, 0.2) is 9.98 Å². The Labute approximate surface area is 61.6 Å². The Bertz CT molecular complexity index is 137. The van der Waals surface area contributed by atoms with E-state index in [4.69, 9.17) is 5.11 Å². The number of aliphatic imine (C=N–C) groups is 2. The smallest absolute Gasteiger partial charge is 0.182 e. The van der Waals surface area contributed by atoms with Crippen molar-refractivity contribution in [1.82, 2.24) is 0 Å². The van der Waals surface area contributed by atoms with Crippen molar-refractivity contribution in [1.29, 1.82) is 0 Å². The van der Waals surface area contributed by atoms with Crippen molar-refractivity contribution in [3.63, 3.8) is 0 Å². The molecule has 1 aliphatic heterocycles. The Morgan fingerprint density at radius 1 is 1.44 bits per heavy atom. The zero-order valence-electron chi connectivity index (χ0n) is 4.79. The summed E-state index contributed by atoms with van der Waals surface area (Å²) in [5.41, 5.74) is -0.611. The van der Waals surface area contributed by atoms with Crippen LogP contribution in [-0.4, -0.2) is 35.1 Å². The molecule has 0 unspecified atom stereocenters. The maximum atomic E-state index is 8.76. The van der Waals surface area contributed by atoms with Gasteiger partial charge in [0.15, 0.2) is 5.66 Å². The van der Waals surface area contributed by atoms with E-state index >= 15 is 0 Å². The van der Waals surface area contributed by atoms with Crippen molar-refractivity contribution < 1.29 is 5.11 Å². The molecule has 0 spiro atoms. The molecule has 0 radical (unpaired) electrons. The summed E-state index contributed by atoms with van der Waals surface area (Å²) >= 11 is 3.21. The molecule has 0 fully saturated rings. The molecule has 1 aliphatic rings. The van der Waals surface area contributed by atoms with Gasteiger partial charge in [-0.05, 0) is 0 Å². The van der Waals surface area contributed by atoms with Crippen molar-refractivity contribution in [2.24, 2.45) is 9.98 Å². The molecule has 0 bridgehead atoms. The molecule has 0 aromatic rings. The molecule has 0 aromatic heterocycles. The lowest BCUT2D eigenvalue weighted by atomic mass is 10.3. The minimum atomic E-state index is -0.611. The Morgan fingerprint density at radius 2 is 2.00 bits per heavy atom.